The number of likely N-dealkylation sites (tertiary alicyclic amines) is 1. The third-order valence-corrected chi connectivity index (χ3v) is 4.45. The number of likely N-dealkylation sites (N-methyl/N-ethyl adjacent to an activating group) is 2. The fraction of sp³-hybridized carbons (Fsp3) is 0.889. The Morgan fingerprint density at radius 1 is 1.50 bits per heavy atom. The van der Waals surface area contributed by atoms with Gasteiger partial charge in [0, 0.05) is 14.0 Å². The molecule has 0 aliphatic carbocycles. The molecule has 1 aliphatic rings. The molecule has 0 aromatic heterocycles. The lowest BCUT2D eigenvalue weighted by Gasteiger charge is -2.41. The summed E-state index contributed by atoms with van der Waals surface area (Å²) >= 11 is 0. The summed E-state index contributed by atoms with van der Waals surface area (Å²) in [5.74, 6) is -0.144. The van der Waals surface area contributed by atoms with Crippen LogP contribution in [0, 0.1) is 0 Å². The van der Waals surface area contributed by atoms with Gasteiger partial charge in [0.1, 0.15) is 5.37 Å². The highest BCUT2D eigenvalue weighted by Gasteiger charge is 2.40. The van der Waals surface area contributed by atoms with Crippen molar-refractivity contribution in [1.82, 2.24) is 9.80 Å². The second-order valence-corrected chi connectivity index (χ2v) is 5.96. The van der Waals surface area contributed by atoms with Gasteiger partial charge in [-0.15, -0.1) is 0 Å². The van der Waals surface area contributed by atoms with Gasteiger partial charge in [-0.1, -0.05) is 0 Å². The summed E-state index contributed by atoms with van der Waals surface area (Å²) in [7, 11) is -0.338. The lowest BCUT2D eigenvalue weighted by Crippen LogP contribution is -2.59. The van der Waals surface area contributed by atoms with Gasteiger partial charge in [0.2, 0.25) is 15.9 Å². The minimum absolute atomic E-state index is 0.144. The average molecular weight is 249 g/mol. The molecule has 0 spiro atoms. The van der Waals surface area contributed by atoms with Gasteiger partial charge in [-0.2, -0.15) is 0 Å². The summed E-state index contributed by atoms with van der Waals surface area (Å²) in [6, 6.07) is -0.355. The van der Waals surface area contributed by atoms with Crippen LogP contribution in [-0.2, 0) is 14.8 Å². The number of sulfonamides is 1. The van der Waals surface area contributed by atoms with Crippen LogP contribution in [0.1, 0.15) is 19.8 Å². The van der Waals surface area contributed by atoms with Crippen molar-refractivity contribution in [3.05, 3.63) is 0 Å². The van der Waals surface area contributed by atoms with E-state index in [0.717, 1.165) is 6.42 Å². The molecule has 16 heavy (non-hydrogen) atoms. The summed E-state index contributed by atoms with van der Waals surface area (Å²) in [4.78, 5) is 14.5. The van der Waals surface area contributed by atoms with E-state index in [0.29, 0.717) is 13.0 Å². The van der Waals surface area contributed by atoms with Crippen LogP contribution in [-0.4, -0.2) is 56.2 Å². The molecule has 1 saturated heterocycles. The lowest BCUT2D eigenvalue weighted by molar-refractivity contribution is -0.130. The maximum Gasteiger partial charge on any atom is 0.227 e. The van der Waals surface area contributed by atoms with E-state index in [-0.39, 0.29) is 11.9 Å². The quantitative estimate of drug-likeness (QED) is 0.692. The molecule has 0 bridgehead atoms. The van der Waals surface area contributed by atoms with E-state index < -0.39 is 15.4 Å². The molecular formula is C9H19N3O3S. The molecule has 2 unspecified atom stereocenters. The summed E-state index contributed by atoms with van der Waals surface area (Å²) in [5, 5.41) is 4.43. The third kappa shape index (κ3) is 2.72. The number of nitrogens with two attached hydrogens (primary N) is 1. The van der Waals surface area contributed by atoms with Crippen LogP contribution in [0.15, 0.2) is 0 Å². The molecule has 2 N–H and O–H groups in total. The standard InChI is InChI=1S/C9H19N3O3S/c1-7(13)12(3)8-5-4-6-11(2)9(8)16(10,14)15/h8-9H,4-6H2,1-3H3,(H2,10,14,15). The Bertz CT molecular complexity index is 368. The van der Waals surface area contributed by atoms with Crippen molar-refractivity contribution >= 4 is 15.9 Å². The number of rotatable bonds is 2. The van der Waals surface area contributed by atoms with E-state index in [1.54, 1.807) is 19.0 Å². The zero-order chi connectivity index (χ0) is 12.5. The molecule has 1 rings (SSSR count). The first-order chi connectivity index (χ1) is 7.25. The fourth-order valence-corrected chi connectivity index (χ4v) is 3.57. The molecule has 0 aromatic rings. The lowest BCUT2D eigenvalue weighted by atomic mass is 10.0. The third-order valence-electron chi connectivity index (χ3n) is 3.11. The van der Waals surface area contributed by atoms with Gasteiger partial charge >= 0.3 is 0 Å². The molecule has 6 nitrogen and oxygen atoms in total. The van der Waals surface area contributed by atoms with Gasteiger partial charge in [-0.3, -0.25) is 9.69 Å². The average Bonchev–Trinajstić information content (AvgIpc) is 2.14. The van der Waals surface area contributed by atoms with Gasteiger partial charge in [0.25, 0.3) is 0 Å². The molecule has 1 heterocycles. The SMILES string of the molecule is CC(=O)N(C)C1CCCN(C)C1S(N)(=O)=O. The largest absolute Gasteiger partial charge is 0.340 e. The van der Waals surface area contributed by atoms with E-state index in [2.05, 4.69) is 0 Å². The number of hydrogen-bond donors (Lipinski definition) is 1. The van der Waals surface area contributed by atoms with E-state index >= 15 is 0 Å². The van der Waals surface area contributed by atoms with Gasteiger partial charge < -0.3 is 4.90 Å². The molecule has 0 radical (unpaired) electrons. The van der Waals surface area contributed by atoms with Crippen LogP contribution in [0.2, 0.25) is 0 Å². The van der Waals surface area contributed by atoms with Crippen LogP contribution in [0.4, 0.5) is 0 Å². The predicted molar refractivity (Wildman–Crippen MR) is 61.0 cm³/mol. The normalized spacial score (nSPS) is 27.8. The van der Waals surface area contributed by atoms with E-state index in [9.17, 15) is 13.2 Å². The molecule has 94 valence electrons. The minimum atomic E-state index is -3.67. The van der Waals surface area contributed by atoms with Crippen LogP contribution in [0.5, 0.6) is 0 Å². The van der Waals surface area contributed by atoms with Crippen molar-refractivity contribution in [3.63, 3.8) is 0 Å². The summed E-state index contributed by atoms with van der Waals surface area (Å²) in [6.07, 6.45) is 1.53. The van der Waals surface area contributed by atoms with Crippen molar-refractivity contribution in [2.24, 2.45) is 5.14 Å². The van der Waals surface area contributed by atoms with Gasteiger partial charge in [-0.05, 0) is 26.4 Å². The number of hydrogen-bond acceptors (Lipinski definition) is 4. The smallest absolute Gasteiger partial charge is 0.227 e. The first-order valence-corrected chi connectivity index (χ1v) is 6.81. The maximum atomic E-state index is 11.5. The number of carbonyl (C=O) groups is 1. The Labute approximate surface area is 96.4 Å². The second kappa shape index (κ2) is 4.68. The Morgan fingerprint density at radius 3 is 2.50 bits per heavy atom. The zero-order valence-electron chi connectivity index (χ0n) is 9.88. The summed E-state index contributed by atoms with van der Waals surface area (Å²) < 4.78 is 23.1. The molecule has 0 saturated carbocycles. The molecular weight excluding hydrogens is 230 g/mol. The Morgan fingerprint density at radius 2 is 2.06 bits per heavy atom. The van der Waals surface area contributed by atoms with E-state index in [4.69, 9.17) is 5.14 Å². The topological polar surface area (TPSA) is 83.7 Å². The predicted octanol–water partition coefficient (Wildman–Crippen LogP) is -0.826. The van der Waals surface area contributed by atoms with Gasteiger partial charge in [0.05, 0.1) is 6.04 Å². The molecule has 1 fully saturated rings. The van der Waals surface area contributed by atoms with Crippen LogP contribution >= 0.6 is 0 Å². The monoisotopic (exact) mass is 249 g/mol. The highest BCUT2D eigenvalue weighted by atomic mass is 32.2. The van der Waals surface area contributed by atoms with Crippen molar-refractivity contribution < 1.29 is 13.2 Å². The minimum Gasteiger partial charge on any atom is -0.340 e. The molecule has 2 atom stereocenters. The highest BCUT2D eigenvalue weighted by Crippen LogP contribution is 2.23. The number of piperidine rings is 1. The molecule has 1 aliphatic heterocycles. The van der Waals surface area contributed by atoms with Gasteiger partial charge in [-0.25, -0.2) is 13.6 Å². The molecule has 7 heteroatoms. The fourth-order valence-electron chi connectivity index (χ4n) is 2.20. The van der Waals surface area contributed by atoms with Gasteiger partial charge in [0.15, 0.2) is 0 Å². The summed E-state index contributed by atoms with van der Waals surface area (Å²) in [5.41, 5.74) is 0. The van der Waals surface area contributed by atoms with Crippen LogP contribution < -0.4 is 5.14 Å². The summed E-state index contributed by atoms with van der Waals surface area (Å²) in [6.45, 7) is 2.11. The zero-order valence-corrected chi connectivity index (χ0v) is 10.7. The maximum absolute atomic E-state index is 11.5. The number of nitrogens with zero attached hydrogens (tertiary/aromatic N) is 2. The first kappa shape index (κ1) is 13.4. The Hall–Kier alpha value is -0.660. The van der Waals surface area contributed by atoms with E-state index in [1.165, 1.54) is 11.8 Å². The Kier molecular flexibility index (Phi) is 3.92. The highest BCUT2D eigenvalue weighted by molar-refractivity contribution is 7.89. The second-order valence-electron chi connectivity index (χ2n) is 4.30. The van der Waals surface area contributed by atoms with E-state index in [1.807, 2.05) is 0 Å². The molecule has 0 aromatic carbocycles. The van der Waals surface area contributed by atoms with Crippen molar-refractivity contribution in [1.29, 1.82) is 0 Å². The van der Waals surface area contributed by atoms with Crippen LogP contribution in [0.25, 0.3) is 0 Å². The van der Waals surface area contributed by atoms with Crippen molar-refractivity contribution in [2.45, 2.75) is 31.2 Å². The van der Waals surface area contributed by atoms with Crippen molar-refractivity contribution in [2.75, 3.05) is 20.6 Å². The number of amides is 1. The Balaban J connectivity index is 3.00. The number of primary sulfonamides is 1. The molecule has 1 amide bonds. The van der Waals surface area contributed by atoms with Crippen molar-refractivity contribution in [3.8, 4) is 0 Å². The number of carbonyl (C=O) groups excluding carboxylic acids is 1. The van der Waals surface area contributed by atoms with Crippen LogP contribution in [0.3, 0.4) is 0 Å². The first-order valence-electron chi connectivity index (χ1n) is 5.20.